The molecule has 25 heavy (non-hydrogen) atoms. The minimum atomic E-state index is -0.228. The molecular formula is C20H27FN4. The molecule has 0 saturated heterocycles. The van der Waals surface area contributed by atoms with Crippen LogP contribution in [-0.4, -0.2) is 38.5 Å². The van der Waals surface area contributed by atoms with E-state index in [1.54, 1.807) is 13.1 Å². The first-order valence-corrected chi connectivity index (χ1v) is 8.41. The highest BCUT2D eigenvalue weighted by Crippen LogP contribution is 2.17. The second-order valence-corrected chi connectivity index (χ2v) is 6.33. The van der Waals surface area contributed by atoms with Crippen molar-refractivity contribution in [3.8, 4) is 0 Å². The topological polar surface area (TPSA) is 39.7 Å². The smallest absolute Gasteiger partial charge is 0.191 e. The zero-order valence-electron chi connectivity index (χ0n) is 15.4. The van der Waals surface area contributed by atoms with Crippen molar-refractivity contribution in [3.63, 3.8) is 0 Å². The summed E-state index contributed by atoms with van der Waals surface area (Å²) in [6, 6.07) is 15.4. The maximum Gasteiger partial charge on any atom is 0.191 e. The van der Waals surface area contributed by atoms with E-state index in [4.69, 9.17) is 0 Å². The van der Waals surface area contributed by atoms with Gasteiger partial charge in [-0.1, -0.05) is 42.0 Å². The summed E-state index contributed by atoms with van der Waals surface area (Å²) in [5.74, 6) is 0.470. The molecule has 0 bridgehead atoms. The largest absolute Gasteiger partial charge is 0.354 e. The molecule has 4 nitrogen and oxygen atoms in total. The standard InChI is InChI=1S/C20H27FN4/c1-15-8-10-17(11-9-15)19(25(3)4)14-24-20(22-2)23-13-16-6-5-7-18(21)12-16/h5-12,19H,13-14H2,1-4H3,(H2,22,23,24). The molecule has 134 valence electrons. The van der Waals surface area contributed by atoms with Gasteiger partial charge in [0.2, 0.25) is 0 Å². The van der Waals surface area contributed by atoms with E-state index in [0.29, 0.717) is 12.5 Å². The summed E-state index contributed by atoms with van der Waals surface area (Å²) in [6.07, 6.45) is 0. The third-order valence-electron chi connectivity index (χ3n) is 4.12. The fourth-order valence-electron chi connectivity index (χ4n) is 2.63. The molecule has 0 spiro atoms. The number of likely N-dealkylation sites (N-methyl/N-ethyl adjacent to an activating group) is 1. The van der Waals surface area contributed by atoms with Crippen molar-refractivity contribution in [2.45, 2.75) is 19.5 Å². The highest BCUT2D eigenvalue weighted by atomic mass is 19.1. The number of hydrogen-bond donors (Lipinski definition) is 2. The van der Waals surface area contributed by atoms with Crippen molar-refractivity contribution in [1.82, 2.24) is 15.5 Å². The zero-order valence-corrected chi connectivity index (χ0v) is 15.4. The number of rotatable bonds is 6. The Morgan fingerprint density at radius 1 is 1.12 bits per heavy atom. The van der Waals surface area contributed by atoms with Gasteiger partial charge < -0.3 is 15.5 Å². The summed E-state index contributed by atoms with van der Waals surface area (Å²) in [6.45, 7) is 3.33. The minimum Gasteiger partial charge on any atom is -0.354 e. The highest BCUT2D eigenvalue weighted by molar-refractivity contribution is 5.79. The van der Waals surface area contributed by atoms with Gasteiger partial charge in [0.15, 0.2) is 5.96 Å². The van der Waals surface area contributed by atoms with Crippen LogP contribution >= 0.6 is 0 Å². The molecule has 0 saturated carbocycles. The Morgan fingerprint density at radius 3 is 2.44 bits per heavy atom. The number of benzene rings is 2. The first-order chi connectivity index (χ1) is 12.0. The molecule has 2 aromatic rings. The number of aryl methyl sites for hydroxylation is 1. The van der Waals surface area contributed by atoms with Gasteiger partial charge in [0.1, 0.15) is 5.82 Å². The van der Waals surface area contributed by atoms with Gasteiger partial charge in [0, 0.05) is 20.1 Å². The minimum absolute atomic E-state index is 0.228. The van der Waals surface area contributed by atoms with Crippen LogP contribution in [0.3, 0.4) is 0 Å². The van der Waals surface area contributed by atoms with Crippen molar-refractivity contribution in [2.24, 2.45) is 4.99 Å². The van der Waals surface area contributed by atoms with Crippen molar-refractivity contribution in [3.05, 3.63) is 71.0 Å². The van der Waals surface area contributed by atoms with Gasteiger partial charge in [-0.25, -0.2) is 4.39 Å². The van der Waals surface area contributed by atoms with Gasteiger partial charge in [-0.15, -0.1) is 0 Å². The lowest BCUT2D eigenvalue weighted by molar-refractivity contribution is 0.298. The quantitative estimate of drug-likeness (QED) is 0.626. The maximum atomic E-state index is 13.3. The molecule has 0 aliphatic rings. The third kappa shape index (κ3) is 5.87. The Hall–Kier alpha value is -2.40. The van der Waals surface area contributed by atoms with Crippen LogP contribution < -0.4 is 10.6 Å². The second-order valence-electron chi connectivity index (χ2n) is 6.33. The molecule has 0 heterocycles. The van der Waals surface area contributed by atoms with Crippen LogP contribution in [0.4, 0.5) is 4.39 Å². The molecule has 0 radical (unpaired) electrons. The van der Waals surface area contributed by atoms with Crippen molar-refractivity contribution in [2.75, 3.05) is 27.7 Å². The van der Waals surface area contributed by atoms with E-state index in [0.717, 1.165) is 12.1 Å². The van der Waals surface area contributed by atoms with E-state index in [-0.39, 0.29) is 11.9 Å². The molecule has 1 unspecified atom stereocenters. The van der Waals surface area contributed by atoms with Gasteiger partial charge in [0.25, 0.3) is 0 Å². The molecule has 2 rings (SSSR count). The summed E-state index contributed by atoms with van der Waals surface area (Å²) in [5, 5.41) is 6.57. The van der Waals surface area contributed by atoms with E-state index < -0.39 is 0 Å². The number of aliphatic imine (C=N–C) groups is 1. The maximum absolute atomic E-state index is 13.3. The van der Waals surface area contributed by atoms with Crippen LogP contribution in [0.25, 0.3) is 0 Å². The number of nitrogens with zero attached hydrogens (tertiary/aromatic N) is 2. The first-order valence-electron chi connectivity index (χ1n) is 8.41. The SMILES string of the molecule is CN=C(NCc1cccc(F)c1)NCC(c1ccc(C)cc1)N(C)C. The fourth-order valence-corrected chi connectivity index (χ4v) is 2.63. The summed E-state index contributed by atoms with van der Waals surface area (Å²) in [5.41, 5.74) is 3.39. The van der Waals surface area contributed by atoms with Gasteiger partial charge in [0.05, 0.1) is 6.04 Å². The van der Waals surface area contributed by atoms with Gasteiger partial charge >= 0.3 is 0 Å². The number of halogens is 1. The number of guanidine groups is 1. The molecule has 2 aromatic carbocycles. The second kappa shape index (κ2) is 9.18. The van der Waals surface area contributed by atoms with E-state index in [1.807, 2.05) is 6.07 Å². The van der Waals surface area contributed by atoms with Crippen molar-refractivity contribution in [1.29, 1.82) is 0 Å². The van der Waals surface area contributed by atoms with E-state index in [1.165, 1.54) is 23.3 Å². The van der Waals surface area contributed by atoms with Crippen LogP contribution in [0, 0.1) is 12.7 Å². The summed E-state index contributed by atoms with van der Waals surface area (Å²) in [4.78, 5) is 6.42. The van der Waals surface area contributed by atoms with Crippen LogP contribution in [-0.2, 0) is 6.54 Å². The van der Waals surface area contributed by atoms with Crippen LogP contribution in [0.1, 0.15) is 22.7 Å². The predicted molar refractivity (Wildman–Crippen MR) is 102 cm³/mol. The Labute approximate surface area is 149 Å². The molecule has 0 aliphatic carbocycles. The Morgan fingerprint density at radius 2 is 1.84 bits per heavy atom. The van der Waals surface area contributed by atoms with Gasteiger partial charge in [-0.05, 0) is 44.3 Å². The Balaban J connectivity index is 1.94. The average molecular weight is 342 g/mol. The summed E-state index contributed by atoms with van der Waals surface area (Å²) < 4.78 is 13.3. The monoisotopic (exact) mass is 342 g/mol. The molecule has 5 heteroatoms. The lowest BCUT2D eigenvalue weighted by Crippen LogP contribution is -2.41. The molecule has 0 amide bonds. The fraction of sp³-hybridized carbons (Fsp3) is 0.350. The summed E-state index contributed by atoms with van der Waals surface area (Å²) >= 11 is 0. The number of nitrogens with one attached hydrogen (secondary N) is 2. The molecule has 0 fully saturated rings. The van der Waals surface area contributed by atoms with E-state index >= 15 is 0 Å². The van der Waals surface area contributed by atoms with Gasteiger partial charge in [-0.2, -0.15) is 0 Å². The Bertz CT molecular complexity index is 695. The molecule has 0 aromatic heterocycles. The molecule has 0 aliphatic heterocycles. The normalized spacial score (nSPS) is 13.0. The third-order valence-corrected chi connectivity index (χ3v) is 4.12. The van der Waals surface area contributed by atoms with E-state index in [9.17, 15) is 4.39 Å². The molecule has 2 N–H and O–H groups in total. The Kier molecular flexibility index (Phi) is 6.95. The van der Waals surface area contributed by atoms with Crippen LogP contribution in [0.2, 0.25) is 0 Å². The zero-order chi connectivity index (χ0) is 18.2. The van der Waals surface area contributed by atoms with Crippen LogP contribution in [0.15, 0.2) is 53.5 Å². The van der Waals surface area contributed by atoms with Crippen LogP contribution in [0.5, 0.6) is 0 Å². The predicted octanol–water partition coefficient (Wildman–Crippen LogP) is 3.10. The van der Waals surface area contributed by atoms with E-state index in [2.05, 4.69) is 65.8 Å². The highest BCUT2D eigenvalue weighted by Gasteiger charge is 2.14. The lowest BCUT2D eigenvalue weighted by Gasteiger charge is -2.26. The molecule has 1 atom stereocenters. The van der Waals surface area contributed by atoms with Gasteiger partial charge in [-0.3, -0.25) is 4.99 Å². The van der Waals surface area contributed by atoms with Crippen molar-refractivity contribution < 1.29 is 4.39 Å². The average Bonchev–Trinajstić information content (AvgIpc) is 2.59. The lowest BCUT2D eigenvalue weighted by atomic mass is 10.0. The first kappa shape index (κ1) is 18.9. The molecular weight excluding hydrogens is 315 g/mol. The van der Waals surface area contributed by atoms with Crippen molar-refractivity contribution >= 4 is 5.96 Å². The number of hydrogen-bond acceptors (Lipinski definition) is 2. The summed E-state index contributed by atoms with van der Waals surface area (Å²) in [7, 11) is 5.86.